The summed E-state index contributed by atoms with van der Waals surface area (Å²) in [6.07, 6.45) is -4.49. The number of halogens is 6. The number of rotatable bonds is 2. The summed E-state index contributed by atoms with van der Waals surface area (Å²) in [5.74, 6) is -1.68. The molecular weight excluding hydrogens is 403 g/mol. The van der Waals surface area contributed by atoms with Crippen LogP contribution in [0.15, 0.2) is 40.9 Å². The van der Waals surface area contributed by atoms with Crippen LogP contribution in [-0.4, -0.2) is 5.11 Å². The fraction of sp³-hybridized carbons (Fsp3) is 0.0714. The lowest BCUT2D eigenvalue weighted by atomic mass is 10.2. The first kappa shape index (κ1) is 17.6. The topological polar surface area (TPSA) is 24.1 Å². The second kappa shape index (κ2) is 6.79. The minimum absolute atomic E-state index is 0.0796. The largest absolute Gasteiger partial charge is 0.416 e. The first-order valence-electron chi connectivity index (χ1n) is 6.06. The van der Waals surface area contributed by atoms with Gasteiger partial charge >= 0.3 is 6.18 Å². The van der Waals surface area contributed by atoms with Gasteiger partial charge < -0.3 is 10.6 Å². The Bertz CT molecular complexity index is 725. The highest BCUT2D eigenvalue weighted by atomic mass is 79.9. The molecule has 2 N–H and O–H groups in total. The molecule has 2 rings (SSSR count). The van der Waals surface area contributed by atoms with Gasteiger partial charge in [0.1, 0.15) is 5.82 Å². The van der Waals surface area contributed by atoms with Gasteiger partial charge in [-0.3, -0.25) is 0 Å². The van der Waals surface area contributed by atoms with Crippen molar-refractivity contribution >= 4 is 44.6 Å². The van der Waals surface area contributed by atoms with E-state index in [-0.39, 0.29) is 21.0 Å². The Morgan fingerprint density at radius 3 is 2.35 bits per heavy atom. The van der Waals surface area contributed by atoms with Gasteiger partial charge in [-0.1, -0.05) is 6.07 Å². The maximum absolute atomic E-state index is 13.7. The van der Waals surface area contributed by atoms with Crippen LogP contribution < -0.4 is 10.6 Å². The van der Waals surface area contributed by atoms with E-state index < -0.39 is 23.4 Å². The Kier molecular flexibility index (Phi) is 5.20. The van der Waals surface area contributed by atoms with E-state index in [2.05, 4.69) is 26.6 Å². The summed E-state index contributed by atoms with van der Waals surface area (Å²) in [4.78, 5) is 0. The van der Waals surface area contributed by atoms with Crippen LogP contribution in [-0.2, 0) is 6.18 Å². The molecule has 2 aromatic rings. The molecule has 0 atom stereocenters. The average molecular weight is 411 g/mol. The van der Waals surface area contributed by atoms with E-state index in [1.54, 1.807) is 0 Å². The molecule has 23 heavy (non-hydrogen) atoms. The van der Waals surface area contributed by atoms with E-state index >= 15 is 0 Å². The predicted molar refractivity (Wildman–Crippen MR) is 85.3 cm³/mol. The normalized spacial score (nSPS) is 11.2. The first-order chi connectivity index (χ1) is 10.7. The van der Waals surface area contributed by atoms with Gasteiger partial charge in [0.15, 0.2) is 10.9 Å². The van der Waals surface area contributed by atoms with Crippen LogP contribution in [0.2, 0.25) is 0 Å². The second-order valence-electron chi connectivity index (χ2n) is 4.40. The van der Waals surface area contributed by atoms with Gasteiger partial charge in [0.2, 0.25) is 0 Å². The maximum atomic E-state index is 13.7. The van der Waals surface area contributed by atoms with Crippen molar-refractivity contribution in [3.63, 3.8) is 0 Å². The van der Waals surface area contributed by atoms with Gasteiger partial charge in [0.05, 0.1) is 11.3 Å². The van der Waals surface area contributed by atoms with E-state index in [9.17, 15) is 22.0 Å². The van der Waals surface area contributed by atoms with Crippen LogP contribution in [0.4, 0.5) is 33.3 Å². The quantitative estimate of drug-likeness (QED) is 0.500. The zero-order valence-corrected chi connectivity index (χ0v) is 13.5. The highest BCUT2D eigenvalue weighted by Gasteiger charge is 2.30. The molecule has 0 spiro atoms. The minimum atomic E-state index is -4.49. The van der Waals surface area contributed by atoms with Gasteiger partial charge in [0.25, 0.3) is 0 Å². The van der Waals surface area contributed by atoms with E-state index in [1.807, 2.05) is 0 Å². The summed E-state index contributed by atoms with van der Waals surface area (Å²) in [5.41, 5.74) is -0.897. The van der Waals surface area contributed by atoms with Crippen molar-refractivity contribution < 1.29 is 22.0 Å². The van der Waals surface area contributed by atoms with Crippen LogP contribution in [0.5, 0.6) is 0 Å². The Morgan fingerprint density at radius 2 is 1.74 bits per heavy atom. The third kappa shape index (κ3) is 4.61. The lowest BCUT2D eigenvalue weighted by molar-refractivity contribution is -0.137. The molecular formula is C14H8BrF5N2S. The van der Waals surface area contributed by atoms with Gasteiger partial charge in [-0.05, 0) is 52.4 Å². The molecule has 0 aromatic heterocycles. The van der Waals surface area contributed by atoms with Crippen molar-refractivity contribution in [3.8, 4) is 0 Å². The van der Waals surface area contributed by atoms with E-state index in [4.69, 9.17) is 12.2 Å². The highest BCUT2D eigenvalue weighted by Crippen LogP contribution is 2.31. The Hall–Kier alpha value is -1.74. The van der Waals surface area contributed by atoms with Crippen LogP contribution in [0.25, 0.3) is 0 Å². The molecule has 2 aromatic carbocycles. The third-order valence-electron chi connectivity index (χ3n) is 2.69. The van der Waals surface area contributed by atoms with Gasteiger partial charge in [-0.25, -0.2) is 8.78 Å². The van der Waals surface area contributed by atoms with E-state index in [0.717, 1.165) is 18.2 Å². The molecule has 0 heterocycles. The molecule has 0 amide bonds. The van der Waals surface area contributed by atoms with Crippen molar-refractivity contribution in [2.24, 2.45) is 0 Å². The first-order valence-corrected chi connectivity index (χ1v) is 7.27. The minimum Gasteiger partial charge on any atom is -0.332 e. The van der Waals surface area contributed by atoms with Crippen LogP contribution in [0.3, 0.4) is 0 Å². The van der Waals surface area contributed by atoms with E-state index in [1.165, 1.54) is 12.1 Å². The van der Waals surface area contributed by atoms with Crippen LogP contribution >= 0.6 is 28.1 Å². The molecule has 2 nitrogen and oxygen atoms in total. The summed E-state index contributed by atoms with van der Waals surface area (Å²) in [6, 6.07) is 6.04. The summed E-state index contributed by atoms with van der Waals surface area (Å²) in [7, 11) is 0. The lowest BCUT2D eigenvalue weighted by Crippen LogP contribution is -2.20. The number of benzene rings is 2. The van der Waals surface area contributed by atoms with Crippen molar-refractivity contribution in [1.29, 1.82) is 0 Å². The predicted octanol–water partition coefficient (Wildman–Crippen LogP) is 5.56. The molecule has 0 fully saturated rings. The molecule has 0 saturated heterocycles. The standard InChI is InChI=1S/C14H8BrF5N2S/c15-10-5-8(16)6-11(17)12(10)22-13(23)21-9-3-1-2-7(4-9)14(18,19)20/h1-6H,(H2,21,22,23). The summed E-state index contributed by atoms with van der Waals surface area (Å²) in [5, 5.41) is 4.83. The zero-order valence-electron chi connectivity index (χ0n) is 11.1. The molecule has 0 unspecified atom stereocenters. The number of hydrogen-bond donors (Lipinski definition) is 2. The smallest absolute Gasteiger partial charge is 0.332 e. The molecule has 0 aliphatic heterocycles. The lowest BCUT2D eigenvalue weighted by Gasteiger charge is -2.14. The third-order valence-corrected chi connectivity index (χ3v) is 3.52. The van der Waals surface area contributed by atoms with Crippen LogP contribution in [0.1, 0.15) is 5.56 Å². The fourth-order valence-electron chi connectivity index (χ4n) is 1.71. The molecule has 9 heteroatoms. The van der Waals surface area contributed by atoms with Crippen molar-refractivity contribution in [2.75, 3.05) is 10.6 Å². The second-order valence-corrected chi connectivity index (χ2v) is 5.66. The number of anilines is 2. The number of thiocarbonyl (C=S) groups is 1. The molecule has 0 aliphatic rings. The SMILES string of the molecule is Fc1cc(F)c(NC(=S)Nc2cccc(C(F)(F)F)c2)c(Br)c1. The number of hydrogen-bond acceptors (Lipinski definition) is 1. The molecule has 0 radical (unpaired) electrons. The zero-order chi connectivity index (χ0) is 17.2. The van der Waals surface area contributed by atoms with Crippen molar-refractivity contribution in [2.45, 2.75) is 6.18 Å². The van der Waals surface area contributed by atoms with Gasteiger partial charge in [-0.15, -0.1) is 0 Å². The molecule has 0 aliphatic carbocycles. The maximum Gasteiger partial charge on any atom is 0.416 e. The van der Waals surface area contributed by atoms with Gasteiger partial charge in [0, 0.05) is 16.2 Å². The Morgan fingerprint density at radius 1 is 1.04 bits per heavy atom. The van der Waals surface area contributed by atoms with Crippen molar-refractivity contribution in [3.05, 3.63) is 58.1 Å². The van der Waals surface area contributed by atoms with Crippen molar-refractivity contribution in [1.82, 2.24) is 0 Å². The molecule has 0 bridgehead atoms. The summed E-state index contributed by atoms with van der Waals surface area (Å²) >= 11 is 7.89. The highest BCUT2D eigenvalue weighted by molar-refractivity contribution is 9.10. The monoisotopic (exact) mass is 410 g/mol. The number of nitrogens with one attached hydrogen (secondary N) is 2. The molecule has 0 saturated carbocycles. The Labute approximate surface area is 141 Å². The average Bonchev–Trinajstić information content (AvgIpc) is 2.42. The summed E-state index contributed by atoms with van der Waals surface area (Å²) in [6.45, 7) is 0. The summed E-state index contributed by atoms with van der Waals surface area (Å²) < 4.78 is 64.6. The van der Waals surface area contributed by atoms with Crippen LogP contribution in [0, 0.1) is 11.6 Å². The van der Waals surface area contributed by atoms with E-state index in [0.29, 0.717) is 6.07 Å². The number of alkyl halides is 3. The van der Waals surface area contributed by atoms with Gasteiger partial charge in [-0.2, -0.15) is 13.2 Å². The Balaban J connectivity index is 2.15. The molecule has 122 valence electrons. The fourth-order valence-corrected chi connectivity index (χ4v) is 2.44.